The molecular formula is C32H46N8O5S2. The minimum Gasteiger partial charge on any atom is -0.497 e. The molecule has 256 valence electrons. The predicted octanol–water partition coefficient (Wildman–Crippen LogP) is 1.30. The Morgan fingerprint density at radius 3 is 1.57 bits per heavy atom. The van der Waals surface area contributed by atoms with E-state index in [0.717, 1.165) is 70.8 Å². The summed E-state index contributed by atoms with van der Waals surface area (Å²) >= 11 is 0. The topological polar surface area (TPSA) is 122 Å². The molecule has 2 saturated heterocycles. The Morgan fingerprint density at radius 1 is 0.638 bits per heavy atom. The van der Waals surface area contributed by atoms with Crippen molar-refractivity contribution < 1.29 is 21.6 Å². The summed E-state index contributed by atoms with van der Waals surface area (Å²) in [6.45, 7) is 12.2. The molecule has 47 heavy (non-hydrogen) atoms. The molecule has 0 unspecified atom stereocenters. The summed E-state index contributed by atoms with van der Waals surface area (Å²) in [5, 5.41) is 0. The first-order valence-electron chi connectivity index (χ1n) is 16.5. The molecule has 15 heteroatoms. The van der Waals surface area contributed by atoms with Crippen LogP contribution in [-0.2, 0) is 26.5 Å². The van der Waals surface area contributed by atoms with Crippen molar-refractivity contribution in [3.8, 4) is 5.75 Å². The predicted molar refractivity (Wildman–Crippen MR) is 182 cm³/mol. The molecule has 0 N–H and O–H groups in total. The average molecular weight is 687 g/mol. The molecule has 0 spiro atoms. The average Bonchev–Trinajstić information content (AvgIpc) is 3.81. The highest BCUT2D eigenvalue weighted by Crippen LogP contribution is 2.24. The maximum atomic E-state index is 13.6. The number of aryl methyl sites for hydroxylation is 1. The third-order valence-corrected chi connectivity index (χ3v) is 13.0. The Kier molecular flexibility index (Phi) is 10.2. The smallest absolute Gasteiger partial charge is 0.266 e. The Morgan fingerprint density at radius 2 is 1.11 bits per heavy atom. The number of guanidine groups is 2. The van der Waals surface area contributed by atoms with Gasteiger partial charge >= 0.3 is 0 Å². The largest absolute Gasteiger partial charge is 0.497 e. The summed E-state index contributed by atoms with van der Waals surface area (Å²) in [5.74, 6) is 1.72. The highest BCUT2D eigenvalue weighted by molar-refractivity contribution is 7.90. The molecule has 0 aliphatic carbocycles. The number of ether oxygens (including phenoxy) is 1. The van der Waals surface area contributed by atoms with Crippen LogP contribution < -0.4 is 4.74 Å². The maximum Gasteiger partial charge on any atom is 0.266 e. The van der Waals surface area contributed by atoms with Crippen molar-refractivity contribution in [2.75, 3.05) is 98.7 Å². The highest BCUT2D eigenvalue weighted by atomic mass is 32.2. The first-order chi connectivity index (χ1) is 22.7. The van der Waals surface area contributed by atoms with Crippen LogP contribution in [0, 0.1) is 0 Å². The second kappa shape index (κ2) is 14.4. The molecule has 2 aromatic carbocycles. The summed E-state index contributed by atoms with van der Waals surface area (Å²) in [4.78, 5) is 18.6. The molecule has 4 aliphatic rings. The number of nitrogens with zero attached hydrogens (tertiary/aromatic N) is 8. The number of hydrogen-bond donors (Lipinski definition) is 0. The van der Waals surface area contributed by atoms with Crippen LogP contribution in [0.5, 0.6) is 5.75 Å². The van der Waals surface area contributed by atoms with Gasteiger partial charge in [0.25, 0.3) is 20.0 Å². The van der Waals surface area contributed by atoms with Gasteiger partial charge in [0.15, 0.2) is 0 Å². The zero-order valence-electron chi connectivity index (χ0n) is 27.4. The molecule has 4 heterocycles. The standard InChI is InChI=1S/C32H46N8O5S2/c1-3-35-19-23-37(24-20-35)31-33-14-17-39(31)46(41,42)29-10-6-27(7-11-29)5-4-16-36-21-25-38(26-22-36)32-34-15-18-40(32)47(43,44)30-12-8-28(45-2)9-13-30/h6-13H,3-5,14-26H2,1-2H3. The number of piperazine rings is 2. The summed E-state index contributed by atoms with van der Waals surface area (Å²) in [7, 11) is -5.83. The third kappa shape index (κ3) is 7.22. The Labute approximate surface area is 279 Å². The van der Waals surface area contributed by atoms with Gasteiger partial charge in [0.05, 0.1) is 43.1 Å². The zero-order chi connectivity index (χ0) is 33.0. The summed E-state index contributed by atoms with van der Waals surface area (Å²) in [6, 6.07) is 13.8. The van der Waals surface area contributed by atoms with Gasteiger partial charge in [-0.2, -0.15) is 0 Å². The van der Waals surface area contributed by atoms with E-state index in [0.29, 0.717) is 61.8 Å². The van der Waals surface area contributed by atoms with Gasteiger partial charge in [-0.3, -0.25) is 14.9 Å². The lowest BCUT2D eigenvalue weighted by Crippen LogP contribution is -2.53. The number of rotatable bonds is 10. The molecule has 0 amide bonds. The van der Waals surface area contributed by atoms with Gasteiger partial charge in [0, 0.05) is 52.4 Å². The van der Waals surface area contributed by atoms with Gasteiger partial charge in [-0.05, 0) is 67.9 Å². The van der Waals surface area contributed by atoms with Crippen molar-refractivity contribution in [2.24, 2.45) is 9.98 Å². The first-order valence-corrected chi connectivity index (χ1v) is 19.4. The molecule has 2 fully saturated rings. The monoisotopic (exact) mass is 686 g/mol. The van der Waals surface area contributed by atoms with Gasteiger partial charge < -0.3 is 19.4 Å². The molecule has 4 aliphatic heterocycles. The van der Waals surface area contributed by atoms with E-state index >= 15 is 0 Å². The number of aliphatic imine (C=N–C) groups is 2. The third-order valence-electron chi connectivity index (χ3n) is 9.41. The second-order valence-electron chi connectivity index (χ2n) is 12.2. The van der Waals surface area contributed by atoms with Crippen LogP contribution in [0.4, 0.5) is 0 Å². The fourth-order valence-corrected chi connectivity index (χ4v) is 9.47. The fraction of sp³-hybridized carbons (Fsp3) is 0.562. The first kappa shape index (κ1) is 33.5. The van der Waals surface area contributed by atoms with E-state index < -0.39 is 20.0 Å². The molecule has 0 radical (unpaired) electrons. The maximum absolute atomic E-state index is 13.6. The van der Waals surface area contributed by atoms with Crippen LogP contribution in [0.15, 0.2) is 68.3 Å². The Balaban J connectivity index is 0.971. The van der Waals surface area contributed by atoms with E-state index in [9.17, 15) is 16.8 Å². The molecule has 6 rings (SSSR count). The summed E-state index contributed by atoms with van der Waals surface area (Å²) in [5.41, 5.74) is 1.10. The van der Waals surface area contributed by atoms with E-state index in [4.69, 9.17) is 4.74 Å². The van der Waals surface area contributed by atoms with E-state index in [-0.39, 0.29) is 4.90 Å². The fourth-order valence-electron chi connectivity index (χ4n) is 6.58. The van der Waals surface area contributed by atoms with Crippen molar-refractivity contribution >= 4 is 32.0 Å². The van der Waals surface area contributed by atoms with Gasteiger partial charge in [-0.25, -0.2) is 25.4 Å². The van der Waals surface area contributed by atoms with Crippen LogP contribution in [0.2, 0.25) is 0 Å². The number of methoxy groups -OCH3 is 1. The van der Waals surface area contributed by atoms with Crippen LogP contribution in [0.1, 0.15) is 18.9 Å². The van der Waals surface area contributed by atoms with Gasteiger partial charge in [0.1, 0.15) is 5.75 Å². The molecule has 2 aromatic rings. The van der Waals surface area contributed by atoms with Crippen LogP contribution in [-0.4, -0.2) is 156 Å². The van der Waals surface area contributed by atoms with Crippen molar-refractivity contribution in [1.82, 2.24) is 28.2 Å². The number of sulfonamides is 2. The molecule has 0 atom stereocenters. The lowest BCUT2D eigenvalue weighted by molar-refractivity contribution is 0.175. The zero-order valence-corrected chi connectivity index (χ0v) is 29.0. The molecule has 0 aromatic heterocycles. The Bertz CT molecular complexity index is 1650. The summed E-state index contributed by atoms with van der Waals surface area (Å²) in [6.07, 6.45) is 1.79. The van der Waals surface area contributed by atoms with Crippen molar-refractivity contribution in [3.63, 3.8) is 0 Å². The van der Waals surface area contributed by atoms with Crippen molar-refractivity contribution in [3.05, 3.63) is 54.1 Å². The van der Waals surface area contributed by atoms with Crippen LogP contribution >= 0.6 is 0 Å². The molecule has 0 saturated carbocycles. The van der Waals surface area contributed by atoms with E-state index in [1.165, 1.54) is 8.61 Å². The number of benzene rings is 2. The minimum absolute atomic E-state index is 0.230. The van der Waals surface area contributed by atoms with Gasteiger partial charge in [-0.15, -0.1) is 0 Å². The molecule has 13 nitrogen and oxygen atoms in total. The summed E-state index contributed by atoms with van der Waals surface area (Å²) < 4.78 is 62.0. The quantitative estimate of drug-likeness (QED) is 0.364. The second-order valence-corrected chi connectivity index (χ2v) is 15.9. The Hall–Kier alpha value is -3.40. The SMILES string of the molecule is CCN1CCN(C2=NCCN2S(=O)(=O)c2ccc(CCCN3CCN(C4=NCCN4S(=O)(=O)c4ccc(OC)cc4)CC3)cc2)CC1. The van der Waals surface area contributed by atoms with E-state index in [1.807, 2.05) is 12.1 Å². The lowest BCUT2D eigenvalue weighted by Gasteiger charge is -2.38. The lowest BCUT2D eigenvalue weighted by atomic mass is 10.1. The molecule has 0 bridgehead atoms. The van der Waals surface area contributed by atoms with E-state index in [2.05, 4.69) is 36.5 Å². The highest BCUT2D eigenvalue weighted by Gasteiger charge is 2.36. The normalized spacial score (nSPS) is 20.1. The molecular weight excluding hydrogens is 641 g/mol. The van der Waals surface area contributed by atoms with Crippen LogP contribution in [0.25, 0.3) is 0 Å². The minimum atomic E-state index is -3.71. The van der Waals surface area contributed by atoms with Crippen molar-refractivity contribution in [2.45, 2.75) is 29.6 Å². The number of likely N-dealkylation sites (N-methyl/N-ethyl adjacent to an activating group) is 1. The number of hydrogen-bond acceptors (Lipinski definition) is 11. The van der Waals surface area contributed by atoms with Crippen molar-refractivity contribution in [1.29, 1.82) is 0 Å². The van der Waals surface area contributed by atoms with Gasteiger partial charge in [-0.1, -0.05) is 19.1 Å². The van der Waals surface area contributed by atoms with Gasteiger partial charge in [0.2, 0.25) is 11.9 Å². The van der Waals surface area contributed by atoms with E-state index in [1.54, 1.807) is 43.5 Å². The van der Waals surface area contributed by atoms with Crippen LogP contribution in [0.3, 0.4) is 0 Å².